The normalized spacial score (nSPS) is 20.1. The second-order valence-electron chi connectivity index (χ2n) is 10.6. The van der Waals surface area contributed by atoms with Crippen LogP contribution >= 0.6 is 11.6 Å². The quantitative estimate of drug-likeness (QED) is 0.372. The Bertz CT molecular complexity index is 1480. The highest BCUT2D eigenvalue weighted by Gasteiger charge is 2.39. The van der Waals surface area contributed by atoms with Crippen molar-refractivity contribution in [2.75, 3.05) is 31.9 Å². The molecule has 0 saturated carbocycles. The third kappa shape index (κ3) is 5.03. The van der Waals surface area contributed by atoms with Crippen molar-refractivity contribution in [1.82, 2.24) is 24.3 Å². The first kappa shape index (κ1) is 27.2. The molecule has 8 nitrogen and oxygen atoms in total. The molecule has 2 aliphatic rings. The van der Waals surface area contributed by atoms with Crippen LogP contribution < -0.4 is 5.73 Å². The lowest BCUT2D eigenvalue weighted by Crippen LogP contribution is -2.61. The number of aliphatic hydroxyl groups excluding tert-OH is 1. The van der Waals surface area contributed by atoms with Crippen LogP contribution in [0.1, 0.15) is 44.5 Å². The Morgan fingerprint density at radius 1 is 1.31 bits per heavy atom. The van der Waals surface area contributed by atoms with Gasteiger partial charge in [-0.05, 0) is 61.9 Å². The SMILES string of the molecule is C=CC(=O)N1CC[C@H](N2CC(C#Cc3c(-c4ccc(Cl)c(CC)c4)c4c(N)ncnc4n3C(C)C)C2)[C@H](O)C1. The summed E-state index contributed by atoms with van der Waals surface area (Å²) in [4.78, 5) is 24.8. The number of piperidine rings is 1. The summed E-state index contributed by atoms with van der Waals surface area (Å²) in [7, 11) is 0. The van der Waals surface area contributed by atoms with Gasteiger partial charge in [-0.3, -0.25) is 9.69 Å². The summed E-state index contributed by atoms with van der Waals surface area (Å²) in [6.07, 6.45) is 3.78. The van der Waals surface area contributed by atoms with Gasteiger partial charge in [0, 0.05) is 54.8 Å². The Balaban J connectivity index is 1.46. The molecule has 0 spiro atoms. The van der Waals surface area contributed by atoms with Gasteiger partial charge in [0.25, 0.3) is 0 Å². The van der Waals surface area contributed by atoms with E-state index in [0.717, 1.165) is 64.4 Å². The number of benzene rings is 1. The highest BCUT2D eigenvalue weighted by molar-refractivity contribution is 6.31. The van der Waals surface area contributed by atoms with Gasteiger partial charge in [0.15, 0.2) is 0 Å². The second-order valence-corrected chi connectivity index (χ2v) is 11.0. The number of nitrogen functional groups attached to an aromatic ring is 1. The van der Waals surface area contributed by atoms with E-state index in [4.69, 9.17) is 17.3 Å². The third-order valence-corrected chi connectivity index (χ3v) is 8.22. The zero-order chi connectivity index (χ0) is 27.8. The Morgan fingerprint density at radius 3 is 2.74 bits per heavy atom. The fraction of sp³-hybridized carbons (Fsp3) is 0.433. The van der Waals surface area contributed by atoms with Crippen molar-refractivity contribution in [3.05, 3.63) is 53.5 Å². The number of carbonyl (C=O) groups is 1. The molecule has 2 aromatic heterocycles. The van der Waals surface area contributed by atoms with Gasteiger partial charge < -0.3 is 20.3 Å². The van der Waals surface area contributed by atoms with Crippen LogP contribution in [0.2, 0.25) is 5.02 Å². The van der Waals surface area contributed by atoms with Crippen molar-refractivity contribution >= 4 is 34.4 Å². The summed E-state index contributed by atoms with van der Waals surface area (Å²) < 4.78 is 2.14. The average molecular weight is 547 g/mol. The first-order valence-electron chi connectivity index (χ1n) is 13.5. The van der Waals surface area contributed by atoms with E-state index in [2.05, 4.69) is 64.7 Å². The summed E-state index contributed by atoms with van der Waals surface area (Å²) in [6, 6.07) is 6.18. The number of aromatic nitrogens is 3. The van der Waals surface area contributed by atoms with Gasteiger partial charge >= 0.3 is 0 Å². The molecule has 2 fully saturated rings. The van der Waals surface area contributed by atoms with E-state index in [0.29, 0.717) is 18.9 Å². The van der Waals surface area contributed by atoms with E-state index in [1.165, 1.54) is 12.4 Å². The highest BCUT2D eigenvalue weighted by atomic mass is 35.5. The number of nitrogens with two attached hydrogens (primary N) is 1. The summed E-state index contributed by atoms with van der Waals surface area (Å²) >= 11 is 6.45. The fourth-order valence-electron chi connectivity index (χ4n) is 5.78. The number of amides is 1. The summed E-state index contributed by atoms with van der Waals surface area (Å²) in [5.41, 5.74) is 11.0. The first-order chi connectivity index (χ1) is 18.7. The zero-order valence-corrected chi connectivity index (χ0v) is 23.4. The minimum atomic E-state index is -0.578. The van der Waals surface area contributed by atoms with Gasteiger partial charge in [0.1, 0.15) is 23.5 Å². The molecular weight excluding hydrogens is 512 g/mol. The van der Waals surface area contributed by atoms with Crippen molar-refractivity contribution in [3.8, 4) is 23.0 Å². The van der Waals surface area contributed by atoms with Gasteiger partial charge in [0.05, 0.1) is 11.5 Å². The number of aryl methyl sites for hydroxylation is 1. The number of halogens is 1. The minimum absolute atomic E-state index is 0.0335. The van der Waals surface area contributed by atoms with E-state index in [1.54, 1.807) is 4.90 Å². The number of hydrogen-bond donors (Lipinski definition) is 2. The number of fused-ring (bicyclic) bond motifs is 1. The maximum absolute atomic E-state index is 11.9. The van der Waals surface area contributed by atoms with Crippen LogP contribution in [-0.2, 0) is 11.2 Å². The number of anilines is 1. The monoisotopic (exact) mass is 546 g/mol. The number of hydrogen-bond acceptors (Lipinski definition) is 6. The van der Waals surface area contributed by atoms with E-state index in [-0.39, 0.29) is 23.9 Å². The zero-order valence-electron chi connectivity index (χ0n) is 22.7. The number of aliphatic hydroxyl groups is 1. The van der Waals surface area contributed by atoms with Gasteiger partial charge in [0.2, 0.25) is 5.91 Å². The second kappa shape index (κ2) is 11.0. The Kier molecular flexibility index (Phi) is 7.68. The fourth-order valence-corrected chi connectivity index (χ4v) is 6.04. The van der Waals surface area contributed by atoms with Crippen molar-refractivity contribution < 1.29 is 9.90 Å². The van der Waals surface area contributed by atoms with Gasteiger partial charge in [-0.25, -0.2) is 9.97 Å². The maximum atomic E-state index is 11.9. The Labute approximate surface area is 234 Å². The standard InChI is InChI=1S/C30H35ClN6O2/c1-5-20-13-21(8-9-22(20)31)27-24(37(18(3)4)30-28(27)29(32)33-17-34-30)10-7-19-14-36(15-19)23-11-12-35(16-25(23)38)26(39)6-2/h6,8-9,13,17-19,23,25,38H,2,5,11-12,14-16H2,1,3-4H3,(H2,32,33,34)/t23-,25+/m0/s1. The van der Waals surface area contributed by atoms with Crippen LogP contribution in [0.5, 0.6) is 0 Å². The molecule has 2 saturated heterocycles. The van der Waals surface area contributed by atoms with E-state index >= 15 is 0 Å². The van der Waals surface area contributed by atoms with Crippen LogP contribution in [0.15, 0.2) is 37.2 Å². The van der Waals surface area contributed by atoms with Gasteiger partial charge in [-0.1, -0.05) is 37.1 Å². The van der Waals surface area contributed by atoms with E-state index in [9.17, 15) is 9.90 Å². The lowest BCUT2D eigenvalue weighted by atomic mass is 9.91. The topological polar surface area (TPSA) is 101 Å². The molecule has 2 atom stereocenters. The number of likely N-dealkylation sites (tertiary alicyclic amines) is 2. The van der Waals surface area contributed by atoms with Gasteiger partial charge in [-0.15, -0.1) is 0 Å². The molecule has 3 aromatic rings. The predicted molar refractivity (Wildman–Crippen MR) is 155 cm³/mol. The molecule has 2 aliphatic heterocycles. The number of nitrogens with zero attached hydrogens (tertiary/aromatic N) is 5. The smallest absolute Gasteiger partial charge is 0.246 e. The summed E-state index contributed by atoms with van der Waals surface area (Å²) in [5, 5.41) is 12.2. The predicted octanol–water partition coefficient (Wildman–Crippen LogP) is 3.91. The molecule has 5 rings (SSSR count). The van der Waals surface area contributed by atoms with Crippen molar-refractivity contribution in [3.63, 3.8) is 0 Å². The lowest BCUT2D eigenvalue weighted by Gasteiger charge is -2.47. The molecule has 1 aromatic carbocycles. The lowest BCUT2D eigenvalue weighted by molar-refractivity contribution is -0.132. The van der Waals surface area contributed by atoms with Crippen molar-refractivity contribution in [1.29, 1.82) is 0 Å². The molecule has 0 radical (unpaired) electrons. The molecule has 1 amide bonds. The Morgan fingerprint density at radius 2 is 2.08 bits per heavy atom. The molecule has 204 valence electrons. The summed E-state index contributed by atoms with van der Waals surface area (Å²) in [6.45, 7) is 12.4. The van der Waals surface area contributed by atoms with Crippen molar-refractivity contribution in [2.45, 2.75) is 51.8 Å². The third-order valence-electron chi connectivity index (χ3n) is 7.85. The summed E-state index contributed by atoms with van der Waals surface area (Å²) in [5.74, 6) is 7.47. The van der Waals surface area contributed by atoms with Gasteiger partial charge in [-0.2, -0.15) is 0 Å². The number of β-amino-alcohol motifs (C(OH)–C–C–N with tert-alkyl or cyclic N) is 1. The highest BCUT2D eigenvalue weighted by Crippen LogP contribution is 2.39. The molecule has 39 heavy (non-hydrogen) atoms. The largest absolute Gasteiger partial charge is 0.390 e. The number of rotatable bonds is 5. The number of carbonyl (C=O) groups excluding carboxylic acids is 1. The van der Waals surface area contributed by atoms with Crippen LogP contribution in [0.25, 0.3) is 22.2 Å². The molecule has 0 unspecified atom stereocenters. The molecular formula is C30H35ClN6O2. The van der Waals surface area contributed by atoms with E-state index < -0.39 is 6.10 Å². The van der Waals surface area contributed by atoms with E-state index in [1.807, 2.05) is 12.1 Å². The first-order valence-corrected chi connectivity index (χ1v) is 13.9. The van der Waals surface area contributed by atoms with Crippen LogP contribution in [0.3, 0.4) is 0 Å². The minimum Gasteiger partial charge on any atom is -0.390 e. The molecule has 9 heteroatoms. The molecule has 3 N–H and O–H groups in total. The molecule has 4 heterocycles. The van der Waals surface area contributed by atoms with Crippen LogP contribution in [-0.4, -0.2) is 73.7 Å². The maximum Gasteiger partial charge on any atom is 0.246 e. The van der Waals surface area contributed by atoms with Crippen LogP contribution in [0.4, 0.5) is 5.82 Å². The Hall–Kier alpha value is -3.38. The average Bonchev–Trinajstić information content (AvgIpc) is 3.23. The molecule has 0 aliphatic carbocycles. The van der Waals surface area contributed by atoms with Crippen molar-refractivity contribution in [2.24, 2.45) is 5.92 Å². The molecule has 0 bridgehead atoms. The van der Waals surface area contributed by atoms with Crippen LogP contribution in [0, 0.1) is 17.8 Å².